The van der Waals surface area contributed by atoms with Crippen LogP contribution in [0.1, 0.15) is 0 Å². The molecule has 0 bridgehead atoms. The third-order valence-electron chi connectivity index (χ3n) is 0.651. The molecule has 0 rings (SSSR count). The molecule has 0 spiro atoms. The summed E-state index contributed by atoms with van der Waals surface area (Å²) in [5.41, 5.74) is 0. The maximum atomic E-state index is 5.37. The molecule has 0 fully saturated rings. The number of halogens is 3. The van der Waals surface area contributed by atoms with Crippen LogP contribution >= 0.6 is 43.4 Å². The average Bonchev–Trinajstić information content (AvgIpc) is 2.05. The fraction of sp³-hybridized carbons (Fsp3) is 0.600. The van der Waals surface area contributed by atoms with Crippen LogP contribution in [0.3, 0.4) is 0 Å². The van der Waals surface area contributed by atoms with Gasteiger partial charge in [-0.3, -0.25) is 0 Å². The third kappa shape index (κ3) is 7.41. The molecule has 1 unspecified atom stereocenters. The van der Waals surface area contributed by atoms with Gasteiger partial charge in [-0.1, -0.05) is 23.2 Å². The summed E-state index contributed by atoms with van der Waals surface area (Å²) < 4.78 is 14.7. The van der Waals surface area contributed by atoms with Crippen LogP contribution in [-0.4, -0.2) is 19.6 Å². The first-order chi connectivity index (χ1) is 5.70. The Morgan fingerprint density at radius 1 is 1.50 bits per heavy atom. The van der Waals surface area contributed by atoms with Crippen LogP contribution in [-0.2, 0) is 13.6 Å². The van der Waals surface area contributed by atoms with Gasteiger partial charge in [-0.05, 0) is 0 Å². The molecule has 0 saturated heterocycles. The monoisotopic (exact) mass is 252 g/mol. The Bertz CT molecular complexity index is 140. The highest BCUT2D eigenvalue weighted by Crippen LogP contribution is 2.39. The van der Waals surface area contributed by atoms with E-state index in [1.54, 1.807) is 0 Å². The van der Waals surface area contributed by atoms with Gasteiger partial charge in [-0.25, -0.2) is 0 Å². The summed E-state index contributed by atoms with van der Waals surface area (Å²) in [7, 11) is 0.0277. The third-order valence-corrected chi connectivity index (χ3v) is 1.95. The molecule has 0 amide bonds. The molecule has 0 aliphatic carbocycles. The second-order valence-electron chi connectivity index (χ2n) is 1.44. The van der Waals surface area contributed by atoms with Crippen molar-refractivity contribution < 1.29 is 13.6 Å². The molecule has 7 heteroatoms. The van der Waals surface area contributed by atoms with Crippen LogP contribution in [0, 0.1) is 0 Å². The zero-order valence-electron chi connectivity index (χ0n) is 6.30. The molecule has 0 aliphatic heterocycles. The van der Waals surface area contributed by atoms with Crippen molar-refractivity contribution in [2.75, 3.05) is 19.6 Å². The zero-order chi connectivity index (χ0) is 9.40. The molecule has 0 aromatic rings. The molecular weight excluding hydrogens is 245 g/mol. The van der Waals surface area contributed by atoms with Crippen LogP contribution in [0.4, 0.5) is 0 Å². The van der Waals surface area contributed by atoms with Crippen molar-refractivity contribution in [3.63, 3.8) is 0 Å². The van der Waals surface area contributed by atoms with Gasteiger partial charge in [-0.2, -0.15) is 0 Å². The minimum atomic E-state index is -1.43. The van der Waals surface area contributed by atoms with Crippen molar-refractivity contribution in [3.8, 4) is 0 Å². The van der Waals surface area contributed by atoms with E-state index >= 15 is 0 Å². The molecule has 0 saturated carbocycles. The highest BCUT2D eigenvalue weighted by Gasteiger charge is 2.08. The number of rotatable bonds is 6. The smallest absolute Gasteiger partial charge is 0.396 e. The van der Waals surface area contributed by atoms with Gasteiger partial charge in [0.05, 0.1) is 6.61 Å². The Labute approximate surface area is 87.5 Å². The molecule has 0 radical (unpaired) electrons. The molecule has 12 heavy (non-hydrogen) atoms. The summed E-state index contributed by atoms with van der Waals surface area (Å²) in [6, 6.07) is 0. The van der Waals surface area contributed by atoms with Crippen LogP contribution < -0.4 is 0 Å². The predicted octanol–water partition coefficient (Wildman–Crippen LogP) is 3.41. The van der Waals surface area contributed by atoms with Gasteiger partial charge >= 0.3 is 8.60 Å². The standard InChI is InChI=1S/C5H8Cl3O3P/c1-9-12(10-3-2-6)11-4-5(7)8/h4H,2-3H2,1H3. The summed E-state index contributed by atoms with van der Waals surface area (Å²) in [6.07, 6.45) is 1.15. The lowest BCUT2D eigenvalue weighted by molar-refractivity contribution is 0.231. The molecule has 0 aromatic heterocycles. The first kappa shape index (κ1) is 12.8. The van der Waals surface area contributed by atoms with E-state index in [9.17, 15) is 0 Å². The largest absolute Gasteiger partial charge is 0.432 e. The first-order valence-corrected chi connectivity index (χ1v) is 5.30. The van der Waals surface area contributed by atoms with Crippen molar-refractivity contribution in [2.45, 2.75) is 0 Å². The molecule has 72 valence electrons. The van der Waals surface area contributed by atoms with Gasteiger partial charge in [0.2, 0.25) is 0 Å². The van der Waals surface area contributed by atoms with Gasteiger partial charge in [-0.15, -0.1) is 11.6 Å². The highest BCUT2D eigenvalue weighted by molar-refractivity contribution is 7.41. The van der Waals surface area contributed by atoms with Crippen molar-refractivity contribution in [1.29, 1.82) is 0 Å². The lowest BCUT2D eigenvalue weighted by Crippen LogP contribution is -1.92. The van der Waals surface area contributed by atoms with Gasteiger partial charge in [0.25, 0.3) is 0 Å². The molecule has 0 aromatic carbocycles. The Kier molecular flexibility index (Phi) is 8.89. The molecule has 3 nitrogen and oxygen atoms in total. The summed E-state index contributed by atoms with van der Waals surface area (Å²) in [5, 5.41) is 0. The van der Waals surface area contributed by atoms with E-state index in [2.05, 4.69) is 0 Å². The van der Waals surface area contributed by atoms with Gasteiger partial charge < -0.3 is 13.6 Å². The van der Waals surface area contributed by atoms with Crippen molar-refractivity contribution in [1.82, 2.24) is 0 Å². The Hall–Kier alpha value is 0.760. The van der Waals surface area contributed by atoms with E-state index in [1.165, 1.54) is 7.11 Å². The second kappa shape index (κ2) is 8.36. The van der Waals surface area contributed by atoms with Gasteiger partial charge in [0.15, 0.2) is 0 Å². The average molecular weight is 253 g/mol. The normalized spacial score (nSPS) is 12.3. The predicted molar refractivity (Wildman–Crippen MR) is 51.5 cm³/mol. The van der Waals surface area contributed by atoms with Gasteiger partial charge in [0.1, 0.15) is 10.8 Å². The summed E-state index contributed by atoms with van der Waals surface area (Å²) in [5.74, 6) is 0.379. The molecule has 0 aliphatic rings. The van der Waals surface area contributed by atoms with Crippen molar-refractivity contribution in [3.05, 3.63) is 10.8 Å². The SMILES string of the molecule is COP(OC=C(Cl)Cl)OCCCl. The van der Waals surface area contributed by atoms with E-state index in [0.717, 1.165) is 6.26 Å². The summed E-state index contributed by atoms with van der Waals surface area (Å²) in [4.78, 5) is 0. The topological polar surface area (TPSA) is 27.7 Å². The molecule has 1 atom stereocenters. The summed E-state index contributed by atoms with van der Waals surface area (Å²) >= 11 is 15.9. The van der Waals surface area contributed by atoms with E-state index < -0.39 is 8.60 Å². The lowest BCUT2D eigenvalue weighted by atomic mass is 10.9. The molecule has 0 heterocycles. The summed E-state index contributed by atoms with van der Waals surface area (Å²) in [6.45, 7) is 0.356. The maximum Gasteiger partial charge on any atom is 0.396 e. The van der Waals surface area contributed by atoms with Crippen molar-refractivity contribution in [2.24, 2.45) is 0 Å². The Morgan fingerprint density at radius 2 is 2.17 bits per heavy atom. The van der Waals surface area contributed by atoms with Crippen LogP contribution in [0.15, 0.2) is 10.8 Å². The first-order valence-electron chi connectivity index (χ1n) is 2.91. The second-order valence-corrected chi connectivity index (χ2v) is 4.11. The zero-order valence-corrected chi connectivity index (χ0v) is 9.46. The number of hydrogen-bond donors (Lipinski definition) is 0. The van der Waals surface area contributed by atoms with Crippen LogP contribution in [0.2, 0.25) is 0 Å². The quantitative estimate of drug-likeness (QED) is 0.412. The lowest BCUT2D eigenvalue weighted by Gasteiger charge is -2.10. The molecule has 0 N–H and O–H groups in total. The molecular formula is C5H8Cl3O3P. The fourth-order valence-corrected chi connectivity index (χ4v) is 1.40. The number of hydrogen-bond acceptors (Lipinski definition) is 3. The maximum absolute atomic E-state index is 5.37. The van der Waals surface area contributed by atoms with E-state index in [1.807, 2.05) is 0 Å². The van der Waals surface area contributed by atoms with Crippen LogP contribution in [0.25, 0.3) is 0 Å². The Balaban J connectivity index is 3.60. The Morgan fingerprint density at radius 3 is 2.58 bits per heavy atom. The fourth-order valence-electron chi connectivity index (χ4n) is 0.318. The number of alkyl halides is 1. The van der Waals surface area contributed by atoms with Gasteiger partial charge in [0, 0.05) is 13.0 Å². The van der Waals surface area contributed by atoms with E-state index in [4.69, 9.17) is 48.4 Å². The highest BCUT2D eigenvalue weighted by atomic mass is 35.5. The van der Waals surface area contributed by atoms with Crippen LogP contribution in [0.5, 0.6) is 0 Å². The minimum Gasteiger partial charge on any atom is -0.432 e. The minimum absolute atomic E-state index is 0.00836. The van der Waals surface area contributed by atoms with E-state index in [-0.39, 0.29) is 4.49 Å². The van der Waals surface area contributed by atoms with E-state index in [0.29, 0.717) is 12.5 Å². The van der Waals surface area contributed by atoms with Crippen molar-refractivity contribution >= 4 is 43.4 Å².